The molecular weight excluding hydrogens is 364 g/mol. The van der Waals surface area contributed by atoms with Gasteiger partial charge in [-0.1, -0.05) is 6.07 Å². The minimum atomic E-state index is -0.183. The molecule has 2 aromatic carbocycles. The van der Waals surface area contributed by atoms with Crippen molar-refractivity contribution in [1.29, 1.82) is 0 Å². The maximum Gasteiger partial charge on any atom is 0.231 e. The molecule has 0 aliphatic carbocycles. The van der Waals surface area contributed by atoms with Crippen molar-refractivity contribution < 1.29 is 33.2 Å². The predicted molar refractivity (Wildman–Crippen MR) is 96.1 cm³/mol. The molecule has 28 heavy (non-hydrogen) atoms. The zero-order valence-corrected chi connectivity index (χ0v) is 15.2. The Labute approximate surface area is 161 Å². The van der Waals surface area contributed by atoms with Gasteiger partial charge in [0.25, 0.3) is 0 Å². The van der Waals surface area contributed by atoms with Gasteiger partial charge in [0.2, 0.25) is 19.3 Å². The molecule has 0 saturated heterocycles. The fourth-order valence-electron chi connectivity index (χ4n) is 4.19. The average Bonchev–Trinajstić information content (AvgIpc) is 3.49. The number of hydrogen-bond donors (Lipinski definition) is 0. The number of methoxy groups -OCH3 is 1. The van der Waals surface area contributed by atoms with E-state index in [0.29, 0.717) is 30.5 Å². The van der Waals surface area contributed by atoms with E-state index in [4.69, 9.17) is 33.2 Å². The Morgan fingerprint density at radius 1 is 0.750 bits per heavy atom. The number of rotatable bonds is 3. The van der Waals surface area contributed by atoms with Crippen molar-refractivity contribution in [3.63, 3.8) is 0 Å². The summed E-state index contributed by atoms with van der Waals surface area (Å²) in [5, 5.41) is 0. The molecule has 2 aromatic rings. The minimum Gasteiger partial charge on any atom is -0.493 e. The maximum atomic E-state index is 6.15. The monoisotopic (exact) mass is 382 g/mol. The molecule has 7 nitrogen and oxygen atoms in total. The standard InChI is InChI=1S/C21H18O7/c1-22-17-5-12(6-18-21(17)28-10-27-18)20-14-8-23-19(13(14)7-24-20)11-2-3-15-16(4-11)26-9-25-15/h2-6,19-20H,7-10H2,1H3. The highest BCUT2D eigenvalue weighted by molar-refractivity contribution is 5.57. The van der Waals surface area contributed by atoms with Gasteiger partial charge in [-0.05, 0) is 46.5 Å². The Hall–Kier alpha value is -2.90. The van der Waals surface area contributed by atoms with E-state index in [1.54, 1.807) is 7.11 Å². The Kier molecular flexibility index (Phi) is 3.48. The lowest BCUT2D eigenvalue weighted by Crippen LogP contribution is -2.08. The normalized spacial score (nSPS) is 24.0. The molecule has 2 atom stereocenters. The third kappa shape index (κ3) is 2.30. The van der Waals surface area contributed by atoms with Crippen LogP contribution in [0.2, 0.25) is 0 Å². The van der Waals surface area contributed by atoms with E-state index in [1.165, 1.54) is 5.57 Å². The summed E-state index contributed by atoms with van der Waals surface area (Å²) in [6.45, 7) is 1.50. The summed E-state index contributed by atoms with van der Waals surface area (Å²) in [6.07, 6.45) is -0.317. The lowest BCUT2D eigenvalue weighted by molar-refractivity contribution is 0.0553. The van der Waals surface area contributed by atoms with Crippen LogP contribution in [0.15, 0.2) is 41.5 Å². The summed E-state index contributed by atoms with van der Waals surface area (Å²) in [5.74, 6) is 3.49. The fraction of sp³-hybridized carbons (Fsp3) is 0.333. The van der Waals surface area contributed by atoms with Crippen LogP contribution in [-0.4, -0.2) is 33.9 Å². The Balaban J connectivity index is 1.34. The van der Waals surface area contributed by atoms with Gasteiger partial charge in [-0.15, -0.1) is 0 Å². The number of hydrogen-bond acceptors (Lipinski definition) is 7. The van der Waals surface area contributed by atoms with Crippen LogP contribution >= 0.6 is 0 Å². The molecule has 0 bridgehead atoms. The highest BCUT2D eigenvalue weighted by atomic mass is 16.7. The molecular formula is C21H18O7. The van der Waals surface area contributed by atoms with Crippen LogP contribution in [0, 0.1) is 0 Å². The van der Waals surface area contributed by atoms with Gasteiger partial charge in [0, 0.05) is 0 Å². The van der Waals surface area contributed by atoms with E-state index < -0.39 is 0 Å². The lowest BCUT2D eigenvalue weighted by Gasteiger charge is -2.18. The van der Waals surface area contributed by atoms with Crippen LogP contribution in [0.1, 0.15) is 23.3 Å². The molecule has 0 spiro atoms. The second-order valence-corrected chi connectivity index (χ2v) is 7.00. The van der Waals surface area contributed by atoms with Crippen molar-refractivity contribution in [2.45, 2.75) is 12.2 Å². The van der Waals surface area contributed by atoms with Crippen LogP contribution in [0.4, 0.5) is 0 Å². The molecule has 7 heteroatoms. The summed E-state index contributed by atoms with van der Waals surface area (Å²) >= 11 is 0. The first-order valence-electron chi connectivity index (χ1n) is 9.14. The molecule has 4 heterocycles. The van der Waals surface area contributed by atoms with Crippen molar-refractivity contribution in [2.24, 2.45) is 0 Å². The zero-order chi connectivity index (χ0) is 18.7. The van der Waals surface area contributed by atoms with E-state index in [2.05, 4.69) is 0 Å². The Morgan fingerprint density at radius 2 is 1.43 bits per heavy atom. The fourth-order valence-corrected chi connectivity index (χ4v) is 4.19. The van der Waals surface area contributed by atoms with Crippen LogP contribution in [-0.2, 0) is 9.47 Å². The van der Waals surface area contributed by atoms with Crippen LogP contribution in [0.5, 0.6) is 28.7 Å². The Bertz CT molecular complexity index is 996. The summed E-state index contributed by atoms with van der Waals surface area (Å²) in [6, 6.07) is 9.84. The first-order valence-corrected chi connectivity index (χ1v) is 9.14. The van der Waals surface area contributed by atoms with Crippen molar-refractivity contribution in [3.8, 4) is 28.7 Å². The van der Waals surface area contributed by atoms with E-state index in [1.807, 2.05) is 30.3 Å². The third-order valence-electron chi connectivity index (χ3n) is 5.54. The SMILES string of the molecule is COc1cc(C2OCC3=C2COC3c2ccc3c(c2)OCO3)cc2c1OCO2. The first kappa shape index (κ1) is 16.1. The van der Waals surface area contributed by atoms with Crippen molar-refractivity contribution >= 4 is 0 Å². The second kappa shape index (κ2) is 6.05. The predicted octanol–water partition coefficient (Wildman–Crippen LogP) is 3.29. The molecule has 4 aliphatic heterocycles. The average molecular weight is 382 g/mol. The number of ether oxygens (including phenoxy) is 7. The number of benzene rings is 2. The summed E-state index contributed by atoms with van der Waals surface area (Å²) < 4.78 is 39.7. The summed E-state index contributed by atoms with van der Waals surface area (Å²) in [4.78, 5) is 0. The van der Waals surface area contributed by atoms with Crippen LogP contribution in [0.25, 0.3) is 0 Å². The van der Waals surface area contributed by atoms with Gasteiger partial charge in [-0.2, -0.15) is 0 Å². The van der Waals surface area contributed by atoms with Gasteiger partial charge in [-0.25, -0.2) is 0 Å². The molecule has 0 radical (unpaired) electrons. The zero-order valence-electron chi connectivity index (χ0n) is 15.2. The van der Waals surface area contributed by atoms with E-state index >= 15 is 0 Å². The molecule has 0 saturated carbocycles. The summed E-state index contributed by atoms with van der Waals surface area (Å²) in [5.41, 5.74) is 4.34. The van der Waals surface area contributed by atoms with Gasteiger partial charge in [0.05, 0.1) is 20.3 Å². The molecule has 2 unspecified atom stereocenters. The second-order valence-electron chi connectivity index (χ2n) is 7.00. The molecule has 0 aromatic heterocycles. The van der Waals surface area contributed by atoms with E-state index in [9.17, 15) is 0 Å². The minimum absolute atomic E-state index is 0.134. The highest BCUT2D eigenvalue weighted by Crippen LogP contribution is 2.50. The molecule has 6 rings (SSSR count). The van der Waals surface area contributed by atoms with Crippen LogP contribution < -0.4 is 23.7 Å². The quantitative estimate of drug-likeness (QED) is 0.755. The number of fused-ring (bicyclic) bond motifs is 2. The maximum absolute atomic E-state index is 6.15. The van der Waals surface area contributed by atoms with Crippen molar-refractivity contribution in [3.05, 3.63) is 52.6 Å². The van der Waals surface area contributed by atoms with Crippen LogP contribution in [0.3, 0.4) is 0 Å². The molecule has 144 valence electrons. The molecule has 4 aliphatic rings. The first-order chi connectivity index (χ1) is 13.8. The topological polar surface area (TPSA) is 64.6 Å². The van der Waals surface area contributed by atoms with Gasteiger partial charge < -0.3 is 33.2 Å². The molecule has 0 fully saturated rings. The smallest absolute Gasteiger partial charge is 0.231 e. The lowest BCUT2D eigenvalue weighted by atomic mass is 9.96. The van der Waals surface area contributed by atoms with Gasteiger partial charge in [-0.3, -0.25) is 0 Å². The van der Waals surface area contributed by atoms with Gasteiger partial charge in [0.15, 0.2) is 23.0 Å². The highest BCUT2D eigenvalue weighted by Gasteiger charge is 2.39. The van der Waals surface area contributed by atoms with Gasteiger partial charge >= 0.3 is 0 Å². The largest absolute Gasteiger partial charge is 0.493 e. The molecule has 0 amide bonds. The summed E-state index contributed by atoms with van der Waals surface area (Å²) in [7, 11) is 1.62. The Morgan fingerprint density at radius 3 is 2.25 bits per heavy atom. The van der Waals surface area contributed by atoms with Crippen molar-refractivity contribution in [1.82, 2.24) is 0 Å². The van der Waals surface area contributed by atoms with Gasteiger partial charge in [0.1, 0.15) is 12.2 Å². The molecule has 0 N–H and O–H groups in total. The van der Waals surface area contributed by atoms with E-state index in [-0.39, 0.29) is 25.8 Å². The van der Waals surface area contributed by atoms with Crippen molar-refractivity contribution in [2.75, 3.05) is 33.9 Å². The third-order valence-corrected chi connectivity index (χ3v) is 5.54. The van der Waals surface area contributed by atoms with E-state index in [0.717, 1.165) is 28.2 Å².